The smallest absolute Gasteiger partial charge is 0.0443 e. The van der Waals surface area contributed by atoms with Crippen molar-refractivity contribution >= 4 is 0 Å². The summed E-state index contributed by atoms with van der Waals surface area (Å²) in [5, 5.41) is 0. The highest BCUT2D eigenvalue weighted by molar-refractivity contribution is 4.62. The van der Waals surface area contributed by atoms with Gasteiger partial charge in [0.2, 0.25) is 0 Å². The second-order valence-electron chi connectivity index (χ2n) is 2.04. The lowest BCUT2D eigenvalue weighted by Crippen LogP contribution is -2.04. The maximum atomic E-state index is 2.31. The molecule has 72 valence electrons. The minimum atomic E-state index is 1.06. The first kappa shape index (κ1) is 17.2. The van der Waals surface area contributed by atoms with E-state index in [2.05, 4.69) is 6.92 Å². The molecule has 1 rings (SSSR count). The van der Waals surface area contributed by atoms with Crippen LogP contribution in [0.25, 0.3) is 0 Å². The summed E-state index contributed by atoms with van der Waals surface area (Å²) in [6.07, 6.45) is 4.46. The van der Waals surface area contributed by atoms with E-state index in [1.807, 2.05) is 41.5 Å². The molecule has 0 aromatic carbocycles. The van der Waals surface area contributed by atoms with E-state index in [1.165, 1.54) is 19.3 Å². The van der Waals surface area contributed by atoms with Gasteiger partial charge in [0.05, 0.1) is 0 Å². The molecular weight excluding hydrogens is 132 g/mol. The van der Waals surface area contributed by atoms with Gasteiger partial charge in [0, 0.05) is 0 Å². The highest BCUT2D eigenvalue weighted by Gasteiger charge is 2.09. The van der Waals surface area contributed by atoms with E-state index in [1.54, 1.807) is 0 Å². The van der Waals surface area contributed by atoms with Crippen LogP contribution in [0.3, 0.4) is 0 Å². The van der Waals surface area contributed by atoms with Crippen molar-refractivity contribution in [3.8, 4) is 0 Å². The van der Waals surface area contributed by atoms with Crippen LogP contribution < -0.4 is 0 Å². The van der Waals surface area contributed by atoms with Gasteiger partial charge < -0.3 is 0 Å². The first-order valence-corrected chi connectivity index (χ1v) is 5.39. The Morgan fingerprint density at radius 3 is 0.909 bits per heavy atom. The molecule has 0 spiro atoms. The average molecular weight is 160 g/mol. The average Bonchev–Trinajstić information content (AvgIpc) is 2.12. The number of rotatable bonds is 0. The van der Waals surface area contributed by atoms with Crippen molar-refractivity contribution in [1.82, 2.24) is 0 Å². The summed E-state index contributed by atoms with van der Waals surface area (Å²) in [5.74, 6) is 1.06. The summed E-state index contributed by atoms with van der Waals surface area (Å²) in [5.41, 5.74) is 0. The zero-order chi connectivity index (χ0) is 9.70. The lowest BCUT2D eigenvalue weighted by molar-refractivity contribution is 0.346. The Morgan fingerprint density at radius 1 is 0.727 bits per heavy atom. The summed E-state index contributed by atoms with van der Waals surface area (Å²) in [6.45, 7) is 14.3. The number of hydrogen-bond acceptors (Lipinski definition) is 0. The highest BCUT2D eigenvalue weighted by Crippen LogP contribution is 2.24. The van der Waals surface area contributed by atoms with Crippen LogP contribution in [0.4, 0.5) is 0 Å². The van der Waals surface area contributed by atoms with E-state index in [0.29, 0.717) is 0 Å². The molecule has 0 heteroatoms. The predicted octanol–water partition coefficient (Wildman–Crippen LogP) is 4.89. The van der Waals surface area contributed by atoms with Crippen molar-refractivity contribution in [2.75, 3.05) is 0 Å². The quantitative estimate of drug-likeness (QED) is 0.473. The monoisotopic (exact) mass is 160 g/mol. The summed E-state index contributed by atoms with van der Waals surface area (Å²) in [4.78, 5) is 0. The molecule has 0 nitrogen and oxygen atoms in total. The fourth-order valence-electron chi connectivity index (χ4n) is 0.612. The van der Waals surface area contributed by atoms with Gasteiger partial charge in [-0.2, -0.15) is 0 Å². The standard InChI is InChI=1S/C5H10.3C2H6/c1-5-3-2-4-5;3*1-2/h5H,2-4H2,1H3;3*1-2H3. The van der Waals surface area contributed by atoms with Crippen LogP contribution in [-0.4, -0.2) is 0 Å². The van der Waals surface area contributed by atoms with Gasteiger partial charge in [-0.15, -0.1) is 0 Å². The normalized spacial score (nSPS) is 13.4. The summed E-state index contributed by atoms with van der Waals surface area (Å²) in [6, 6.07) is 0. The Balaban J connectivity index is -0.0000000933. The van der Waals surface area contributed by atoms with Crippen molar-refractivity contribution in [2.45, 2.75) is 67.7 Å². The van der Waals surface area contributed by atoms with Gasteiger partial charge in [-0.05, 0) is 5.92 Å². The van der Waals surface area contributed by atoms with E-state index in [9.17, 15) is 0 Å². The molecule has 0 aliphatic heterocycles. The van der Waals surface area contributed by atoms with Crippen LogP contribution in [0.2, 0.25) is 0 Å². The van der Waals surface area contributed by atoms with Crippen LogP contribution in [0, 0.1) is 5.92 Å². The molecule has 1 fully saturated rings. The maximum absolute atomic E-state index is 2.31. The third-order valence-corrected chi connectivity index (χ3v) is 1.39. The molecule has 1 saturated carbocycles. The molecule has 0 N–H and O–H groups in total. The van der Waals surface area contributed by atoms with E-state index >= 15 is 0 Å². The second kappa shape index (κ2) is 22.5. The van der Waals surface area contributed by atoms with Crippen LogP contribution in [-0.2, 0) is 0 Å². The molecule has 0 amide bonds. The van der Waals surface area contributed by atoms with Gasteiger partial charge >= 0.3 is 0 Å². The molecule has 1 aliphatic rings. The Kier molecular flexibility index (Phi) is 35.2. The van der Waals surface area contributed by atoms with E-state index in [-0.39, 0.29) is 0 Å². The van der Waals surface area contributed by atoms with Crippen LogP contribution >= 0.6 is 0 Å². The van der Waals surface area contributed by atoms with E-state index in [0.717, 1.165) is 5.92 Å². The van der Waals surface area contributed by atoms with Gasteiger partial charge in [-0.3, -0.25) is 0 Å². The molecule has 0 heterocycles. The number of hydrogen-bond donors (Lipinski definition) is 0. The van der Waals surface area contributed by atoms with Gasteiger partial charge in [0.15, 0.2) is 0 Å². The Morgan fingerprint density at radius 2 is 0.909 bits per heavy atom. The first-order chi connectivity index (χ1) is 5.39. The van der Waals surface area contributed by atoms with Gasteiger partial charge in [-0.25, -0.2) is 0 Å². The topological polar surface area (TPSA) is 0 Å². The van der Waals surface area contributed by atoms with Gasteiger partial charge in [-0.1, -0.05) is 67.7 Å². The maximum Gasteiger partial charge on any atom is -0.0443 e. The third kappa shape index (κ3) is 17.8. The van der Waals surface area contributed by atoms with E-state index in [4.69, 9.17) is 0 Å². The molecule has 0 aromatic rings. The lowest BCUT2D eigenvalue weighted by Gasteiger charge is -2.18. The van der Waals surface area contributed by atoms with Crippen molar-refractivity contribution in [3.63, 3.8) is 0 Å². The van der Waals surface area contributed by atoms with Crippen LogP contribution in [0.15, 0.2) is 0 Å². The van der Waals surface area contributed by atoms with Gasteiger partial charge in [0.1, 0.15) is 0 Å². The molecule has 0 radical (unpaired) electrons. The zero-order valence-corrected chi connectivity index (χ0v) is 9.70. The fourth-order valence-corrected chi connectivity index (χ4v) is 0.612. The third-order valence-electron chi connectivity index (χ3n) is 1.39. The molecule has 0 aromatic heterocycles. The van der Waals surface area contributed by atoms with E-state index < -0.39 is 0 Å². The zero-order valence-electron chi connectivity index (χ0n) is 9.70. The Bertz CT molecular complexity index is 27.0. The van der Waals surface area contributed by atoms with Crippen molar-refractivity contribution in [2.24, 2.45) is 5.92 Å². The summed E-state index contributed by atoms with van der Waals surface area (Å²) < 4.78 is 0. The highest BCUT2D eigenvalue weighted by atomic mass is 14.1. The lowest BCUT2D eigenvalue weighted by atomic mass is 9.88. The van der Waals surface area contributed by atoms with Crippen molar-refractivity contribution in [1.29, 1.82) is 0 Å². The Labute approximate surface area is 74.4 Å². The molecule has 0 bridgehead atoms. The molecular formula is C11H28. The van der Waals surface area contributed by atoms with Crippen molar-refractivity contribution in [3.05, 3.63) is 0 Å². The van der Waals surface area contributed by atoms with Crippen LogP contribution in [0.5, 0.6) is 0 Å². The van der Waals surface area contributed by atoms with Gasteiger partial charge in [0.25, 0.3) is 0 Å². The fraction of sp³-hybridized carbons (Fsp3) is 1.00. The second-order valence-corrected chi connectivity index (χ2v) is 2.04. The molecule has 0 unspecified atom stereocenters. The molecule has 0 saturated heterocycles. The van der Waals surface area contributed by atoms with Crippen molar-refractivity contribution < 1.29 is 0 Å². The SMILES string of the molecule is CC.CC.CC.CC1CCC1. The molecule has 1 aliphatic carbocycles. The minimum Gasteiger partial charge on any atom is -0.0683 e. The Hall–Kier alpha value is 0. The van der Waals surface area contributed by atoms with Crippen LogP contribution in [0.1, 0.15) is 67.7 Å². The first-order valence-electron chi connectivity index (χ1n) is 5.39. The minimum absolute atomic E-state index is 1.06. The summed E-state index contributed by atoms with van der Waals surface area (Å²) in [7, 11) is 0. The molecule has 11 heavy (non-hydrogen) atoms. The largest absolute Gasteiger partial charge is 0.0683 e. The summed E-state index contributed by atoms with van der Waals surface area (Å²) >= 11 is 0. The molecule has 0 atom stereocenters. The predicted molar refractivity (Wildman–Crippen MR) is 57.1 cm³/mol.